The lowest BCUT2D eigenvalue weighted by atomic mass is 10.1. The van der Waals surface area contributed by atoms with Gasteiger partial charge in [0.1, 0.15) is 0 Å². The molecule has 3 nitrogen and oxygen atoms in total. The Balaban J connectivity index is 1.70. The minimum absolute atomic E-state index is 0.0930. The van der Waals surface area contributed by atoms with E-state index >= 15 is 0 Å². The number of carbonyl (C=O) groups is 1. The lowest BCUT2D eigenvalue weighted by Crippen LogP contribution is -2.27. The average molecular weight is 252 g/mol. The first-order valence-electron chi connectivity index (χ1n) is 6.57. The summed E-state index contributed by atoms with van der Waals surface area (Å²) >= 11 is 0. The van der Waals surface area contributed by atoms with Gasteiger partial charge in [0.05, 0.1) is 0 Å². The van der Waals surface area contributed by atoms with E-state index in [1.54, 1.807) is 0 Å². The fourth-order valence-corrected chi connectivity index (χ4v) is 2.69. The molecule has 1 atom stereocenters. The highest BCUT2D eigenvalue weighted by atomic mass is 16.2. The summed E-state index contributed by atoms with van der Waals surface area (Å²) in [7, 11) is 0. The highest BCUT2D eigenvalue weighted by Gasteiger charge is 2.27. The summed E-state index contributed by atoms with van der Waals surface area (Å²) in [6, 6.07) is 8.23. The van der Waals surface area contributed by atoms with Crippen LogP contribution < -0.4 is 0 Å². The van der Waals surface area contributed by atoms with E-state index in [4.69, 9.17) is 6.42 Å². The van der Waals surface area contributed by atoms with Gasteiger partial charge in [0.15, 0.2) is 0 Å². The highest BCUT2D eigenvalue weighted by molar-refractivity contribution is 5.83. The SMILES string of the molecule is C#CC1CC(=O)N(CCc2c[nH]c3ccccc23)C1. The molecule has 3 rings (SSSR count). The summed E-state index contributed by atoms with van der Waals surface area (Å²) in [4.78, 5) is 16.9. The van der Waals surface area contributed by atoms with Gasteiger partial charge in [-0.25, -0.2) is 0 Å². The number of amides is 1. The predicted octanol–water partition coefficient (Wildman–Crippen LogP) is 2.19. The molecule has 0 radical (unpaired) electrons. The van der Waals surface area contributed by atoms with Crippen LogP contribution in [-0.2, 0) is 11.2 Å². The number of likely N-dealkylation sites (tertiary alicyclic amines) is 1. The summed E-state index contributed by atoms with van der Waals surface area (Å²) in [6.07, 6.45) is 8.79. The largest absolute Gasteiger partial charge is 0.361 e. The Morgan fingerprint density at radius 2 is 2.26 bits per heavy atom. The zero-order valence-corrected chi connectivity index (χ0v) is 10.7. The van der Waals surface area contributed by atoms with Crippen molar-refractivity contribution >= 4 is 16.8 Å². The quantitative estimate of drug-likeness (QED) is 0.835. The molecule has 96 valence electrons. The predicted molar refractivity (Wildman–Crippen MR) is 75.5 cm³/mol. The molecule has 3 heteroatoms. The number of benzene rings is 1. The molecule has 1 fully saturated rings. The van der Waals surface area contributed by atoms with Crippen molar-refractivity contribution in [1.82, 2.24) is 9.88 Å². The maximum Gasteiger partial charge on any atom is 0.223 e. The summed E-state index contributed by atoms with van der Waals surface area (Å²) in [5, 5.41) is 1.24. The Hall–Kier alpha value is -2.21. The van der Waals surface area contributed by atoms with Gasteiger partial charge in [-0.15, -0.1) is 12.3 Å². The van der Waals surface area contributed by atoms with Gasteiger partial charge in [0.25, 0.3) is 0 Å². The van der Waals surface area contributed by atoms with Crippen LogP contribution in [0.25, 0.3) is 10.9 Å². The molecule has 1 aliphatic rings. The number of rotatable bonds is 3. The first kappa shape index (κ1) is 11.9. The topological polar surface area (TPSA) is 36.1 Å². The molecule has 1 aromatic carbocycles. The number of nitrogens with one attached hydrogen (secondary N) is 1. The van der Waals surface area contributed by atoms with Crippen molar-refractivity contribution in [2.24, 2.45) is 5.92 Å². The van der Waals surface area contributed by atoms with Crippen LogP contribution in [0, 0.1) is 18.3 Å². The molecule has 1 saturated heterocycles. The Labute approximate surface area is 112 Å². The molecule has 1 N–H and O–H groups in total. The molecule has 2 aromatic rings. The van der Waals surface area contributed by atoms with Gasteiger partial charge >= 0.3 is 0 Å². The van der Waals surface area contributed by atoms with Crippen molar-refractivity contribution in [1.29, 1.82) is 0 Å². The molecule has 0 spiro atoms. The van der Waals surface area contributed by atoms with Gasteiger partial charge in [-0.1, -0.05) is 18.2 Å². The van der Waals surface area contributed by atoms with E-state index in [0.29, 0.717) is 13.0 Å². The van der Waals surface area contributed by atoms with E-state index in [1.165, 1.54) is 10.9 Å². The molecule has 2 heterocycles. The van der Waals surface area contributed by atoms with Gasteiger partial charge in [-0.3, -0.25) is 4.79 Å². The van der Waals surface area contributed by atoms with Crippen molar-refractivity contribution in [3.63, 3.8) is 0 Å². The van der Waals surface area contributed by atoms with Crippen molar-refractivity contribution in [2.45, 2.75) is 12.8 Å². The van der Waals surface area contributed by atoms with Gasteiger partial charge in [-0.2, -0.15) is 0 Å². The van der Waals surface area contributed by atoms with E-state index in [1.807, 2.05) is 23.2 Å². The number of carbonyl (C=O) groups excluding carboxylic acids is 1. The van der Waals surface area contributed by atoms with Crippen LogP contribution in [0.4, 0.5) is 0 Å². The van der Waals surface area contributed by atoms with E-state index in [-0.39, 0.29) is 11.8 Å². The summed E-state index contributed by atoms with van der Waals surface area (Å²) in [5.74, 6) is 2.95. The third kappa shape index (κ3) is 2.22. The van der Waals surface area contributed by atoms with Gasteiger partial charge < -0.3 is 9.88 Å². The Morgan fingerprint density at radius 1 is 1.42 bits per heavy atom. The number of hydrogen-bond acceptors (Lipinski definition) is 1. The summed E-state index contributed by atoms with van der Waals surface area (Å²) in [5.41, 5.74) is 2.40. The Kier molecular flexibility index (Phi) is 3.00. The second-order valence-corrected chi connectivity index (χ2v) is 5.02. The number of terminal acetylenes is 1. The van der Waals surface area contributed by atoms with Crippen LogP contribution in [-0.4, -0.2) is 28.9 Å². The number of para-hydroxylation sites is 1. The summed E-state index contributed by atoms with van der Waals surface area (Å²) < 4.78 is 0. The number of fused-ring (bicyclic) bond motifs is 1. The maximum atomic E-state index is 11.8. The maximum absolute atomic E-state index is 11.8. The van der Waals surface area contributed by atoms with Crippen molar-refractivity contribution in [2.75, 3.05) is 13.1 Å². The minimum Gasteiger partial charge on any atom is -0.361 e. The third-order valence-corrected chi connectivity index (χ3v) is 3.78. The smallest absolute Gasteiger partial charge is 0.223 e. The highest BCUT2D eigenvalue weighted by Crippen LogP contribution is 2.21. The molecule has 19 heavy (non-hydrogen) atoms. The number of aromatic amines is 1. The van der Waals surface area contributed by atoms with Crippen LogP contribution in [0.3, 0.4) is 0 Å². The van der Waals surface area contributed by atoms with Crippen LogP contribution in [0.2, 0.25) is 0 Å². The molecule has 1 aromatic heterocycles. The van der Waals surface area contributed by atoms with Gasteiger partial charge in [-0.05, 0) is 18.1 Å². The van der Waals surface area contributed by atoms with Crippen LogP contribution in [0.5, 0.6) is 0 Å². The summed E-state index contributed by atoms with van der Waals surface area (Å²) in [6.45, 7) is 1.45. The fourth-order valence-electron chi connectivity index (χ4n) is 2.69. The molecule has 0 saturated carbocycles. The molecule has 1 amide bonds. The zero-order chi connectivity index (χ0) is 13.2. The number of hydrogen-bond donors (Lipinski definition) is 1. The van der Waals surface area contributed by atoms with Crippen LogP contribution >= 0.6 is 0 Å². The normalized spacial score (nSPS) is 19.0. The standard InChI is InChI=1S/C16H16N2O/c1-2-12-9-16(19)18(11-12)8-7-13-10-17-15-6-4-3-5-14(13)15/h1,3-6,10,12,17H,7-9,11H2. The van der Waals surface area contributed by atoms with E-state index < -0.39 is 0 Å². The number of H-pyrrole nitrogens is 1. The van der Waals surface area contributed by atoms with E-state index in [0.717, 1.165) is 18.5 Å². The molecule has 1 unspecified atom stereocenters. The molecule has 0 aliphatic carbocycles. The van der Waals surface area contributed by atoms with Gasteiger partial charge in [0.2, 0.25) is 5.91 Å². The lowest BCUT2D eigenvalue weighted by molar-refractivity contribution is -0.127. The number of aromatic nitrogens is 1. The zero-order valence-electron chi connectivity index (χ0n) is 10.7. The molecular weight excluding hydrogens is 236 g/mol. The van der Waals surface area contributed by atoms with E-state index in [2.05, 4.69) is 23.0 Å². The number of nitrogens with zero attached hydrogens (tertiary/aromatic N) is 1. The molecular formula is C16H16N2O. The van der Waals surface area contributed by atoms with Crippen molar-refractivity contribution < 1.29 is 4.79 Å². The first-order valence-corrected chi connectivity index (χ1v) is 6.57. The minimum atomic E-state index is 0.0930. The molecule has 0 bridgehead atoms. The monoisotopic (exact) mass is 252 g/mol. The fraction of sp³-hybridized carbons (Fsp3) is 0.312. The van der Waals surface area contributed by atoms with E-state index in [9.17, 15) is 4.79 Å². The van der Waals surface area contributed by atoms with Crippen molar-refractivity contribution in [3.8, 4) is 12.3 Å². The lowest BCUT2D eigenvalue weighted by Gasteiger charge is -2.15. The third-order valence-electron chi connectivity index (χ3n) is 3.78. The second-order valence-electron chi connectivity index (χ2n) is 5.02. The molecule has 1 aliphatic heterocycles. The first-order chi connectivity index (χ1) is 9.28. The Bertz CT molecular complexity index is 650. The van der Waals surface area contributed by atoms with Crippen molar-refractivity contribution in [3.05, 3.63) is 36.0 Å². The van der Waals surface area contributed by atoms with Crippen LogP contribution in [0.1, 0.15) is 12.0 Å². The van der Waals surface area contributed by atoms with Gasteiger partial charge in [0, 0.05) is 42.5 Å². The van der Waals surface area contributed by atoms with Crippen LogP contribution in [0.15, 0.2) is 30.5 Å². The second kappa shape index (κ2) is 4.81. The Morgan fingerprint density at radius 3 is 3.05 bits per heavy atom. The average Bonchev–Trinajstić information content (AvgIpc) is 3.00.